The maximum absolute atomic E-state index is 12.8. The number of ether oxygens (including phenoxy) is 1. The molecule has 0 bridgehead atoms. The van der Waals surface area contributed by atoms with E-state index in [1.165, 1.54) is 0 Å². The van der Waals surface area contributed by atoms with Crippen LogP contribution in [-0.4, -0.2) is 40.8 Å². The fourth-order valence-corrected chi connectivity index (χ4v) is 2.98. The summed E-state index contributed by atoms with van der Waals surface area (Å²) in [5.74, 6) is 0.722. The lowest BCUT2D eigenvalue weighted by Gasteiger charge is -2.19. The van der Waals surface area contributed by atoms with Crippen LogP contribution in [0.3, 0.4) is 0 Å². The molecule has 0 fully saturated rings. The number of aliphatic hydroxyl groups is 1. The molecule has 0 radical (unpaired) electrons. The largest absolute Gasteiger partial charge is 0.497 e. The molecular weight excluding hydrogens is 304 g/mol. The fraction of sp³-hybridized carbons (Fsp3) is 0.526. The standard InChI is InChI=1S/C19H28N2O3/c1-5-8-9-18(22)16-13-21(19(23)20(6-2)7-3)17-11-10-14(24-4)12-15(16)17/h10-13,18,22H,5-9H2,1-4H3. The monoisotopic (exact) mass is 332 g/mol. The zero-order chi connectivity index (χ0) is 17.7. The van der Waals surface area contributed by atoms with Gasteiger partial charge in [0.05, 0.1) is 18.7 Å². The Balaban J connectivity index is 2.54. The highest BCUT2D eigenvalue weighted by atomic mass is 16.5. The minimum Gasteiger partial charge on any atom is -0.497 e. The molecule has 1 heterocycles. The number of rotatable bonds is 7. The van der Waals surface area contributed by atoms with Gasteiger partial charge in [0.25, 0.3) is 0 Å². The van der Waals surface area contributed by atoms with Crippen LogP contribution in [0.5, 0.6) is 5.75 Å². The van der Waals surface area contributed by atoms with Crippen molar-refractivity contribution >= 4 is 16.9 Å². The number of aromatic nitrogens is 1. The predicted octanol–water partition coefficient (Wildman–Crippen LogP) is 4.18. The summed E-state index contributed by atoms with van der Waals surface area (Å²) in [6.45, 7) is 7.33. The third-order valence-corrected chi connectivity index (χ3v) is 4.47. The summed E-state index contributed by atoms with van der Waals surface area (Å²) in [5, 5.41) is 11.5. The number of carbonyl (C=O) groups excluding carboxylic acids is 1. The van der Waals surface area contributed by atoms with Gasteiger partial charge < -0.3 is 14.7 Å². The van der Waals surface area contributed by atoms with E-state index >= 15 is 0 Å². The summed E-state index contributed by atoms with van der Waals surface area (Å²) in [6, 6.07) is 5.55. The van der Waals surface area contributed by atoms with Gasteiger partial charge in [0, 0.05) is 30.2 Å². The summed E-state index contributed by atoms with van der Waals surface area (Å²) in [4.78, 5) is 14.6. The van der Waals surface area contributed by atoms with Crippen LogP contribution >= 0.6 is 0 Å². The number of amides is 1. The molecule has 132 valence electrons. The van der Waals surface area contributed by atoms with E-state index in [0.29, 0.717) is 19.5 Å². The van der Waals surface area contributed by atoms with Crippen LogP contribution in [0.2, 0.25) is 0 Å². The topological polar surface area (TPSA) is 54.7 Å². The molecule has 5 heteroatoms. The first kappa shape index (κ1) is 18.3. The van der Waals surface area contributed by atoms with E-state index in [9.17, 15) is 9.90 Å². The number of methoxy groups -OCH3 is 1. The second kappa shape index (κ2) is 8.20. The smallest absolute Gasteiger partial charge is 0.328 e. The molecule has 2 aromatic rings. The van der Waals surface area contributed by atoms with Gasteiger partial charge in [-0.3, -0.25) is 4.57 Å². The molecule has 0 saturated heterocycles. The van der Waals surface area contributed by atoms with Crippen molar-refractivity contribution in [1.82, 2.24) is 9.47 Å². The van der Waals surface area contributed by atoms with Gasteiger partial charge in [-0.05, 0) is 38.5 Å². The van der Waals surface area contributed by atoms with Gasteiger partial charge in [-0.15, -0.1) is 0 Å². The quantitative estimate of drug-likeness (QED) is 0.827. The summed E-state index contributed by atoms with van der Waals surface area (Å²) >= 11 is 0. The van der Waals surface area contributed by atoms with Gasteiger partial charge in [0.2, 0.25) is 0 Å². The molecular formula is C19H28N2O3. The van der Waals surface area contributed by atoms with E-state index in [-0.39, 0.29) is 6.03 Å². The molecule has 1 aromatic carbocycles. The minimum atomic E-state index is -0.578. The molecule has 1 unspecified atom stereocenters. The van der Waals surface area contributed by atoms with Crippen LogP contribution in [0.25, 0.3) is 10.9 Å². The number of nitrogens with zero attached hydrogens (tertiary/aromatic N) is 2. The van der Waals surface area contributed by atoms with Crippen molar-refractivity contribution in [2.75, 3.05) is 20.2 Å². The van der Waals surface area contributed by atoms with Crippen molar-refractivity contribution < 1.29 is 14.6 Å². The Bertz CT molecular complexity index is 689. The summed E-state index contributed by atoms with van der Waals surface area (Å²) < 4.78 is 6.96. The molecule has 0 aliphatic heterocycles. The first-order valence-electron chi connectivity index (χ1n) is 8.73. The van der Waals surface area contributed by atoms with Crippen LogP contribution in [0.1, 0.15) is 51.7 Å². The predicted molar refractivity (Wildman–Crippen MR) is 96.7 cm³/mol. The molecule has 1 atom stereocenters. The molecule has 5 nitrogen and oxygen atoms in total. The molecule has 1 N–H and O–H groups in total. The molecule has 0 aliphatic carbocycles. The number of unbranched alkanes of at least 4 members (excludes halogenated alkanes) is 1. The first-order chi connectivity index (χ1) is 11.6. The van der Waals surface area contributed by atoms with Crippen LogP contribution in [-0.2, 0) is 0 Å². The third kappa shape index (κ3) is 3.56. The van der Waals surface area contributed by atoms with Crippen LogP contribution in [0.4, 0.5) is 4.79 Å². The Labute approximate surface area is 143 Å². The average Bonchev–Trinajstić information content (AvgIpc) is 2.99. The number of hydrogen-bond acceptors (Lipinski definition) is 3. The van der Waals surface area contributed by atoms with E-state index in [1.807, 2.05) is 32.0 Å². The van der Waals surface area contributed by atoms with Crippen molar-refractivity contribution in [3.63, 3.8) is 0 Å². The fourth-order valence-electron chi connectivity index (χ4n) is 2.98. The Morgan fingerprint density at radius 2 is 2.00 bits per heavy atom. The highest BCUT2D eigenvalue weighted by Crippen LogP contribution is 2.32. The molecule has 1 aromatic heterocycles. The summed E-state index contributed by atoms with van der Waals surface area (Å²) in [7, 11) is 1.62. The van der Waals surface area contributed by atoms with Gasteiger partial charge in [0.15, 0.2) is 0 Å². The lowest BCUT2D eigenvalue weighted by molar-refractivity contribution is 0.165. The minimum absolute atomic E-state index is 0.0656. The second-order valence-corrected chi connectivity index (χ2v) is 5.95. The third-order valence-electron chi connectivity index (χ3n) is 4.47. The lowest BCUT2D eigenvalue weighted by atomic mass is 10.0. The highest BCUT2D eigenvalue weighted by molar-refractivity contribution is 5.94. The lowest BCUT2D eigenvalue weighted by Crippen LogP contribution is -2.33. The molecule has 2 rings (SSSR count). The average molecular weight is 332 g/mol. The number of carbonyl (C=O) groups is 1. The van der Waals surface area contributed by atoms with Crippen molar-refractivity contribution in [3.05, 3.63) is 30.0 Å². The molecule has 0 saturated carbocycles. The Kier molecular flexibility index (Phi) is 6.26. The molecule has 0 spiro atoms. The number of fused-ring (bicyclic) bond motifs is 1. The Morgan fingerprint density at radius 3 is 2.58 bits per heavy atom. The number of aliphatic hydroxyl groups excluding tert-OH is 1. The van der Waals surface area contributed by atoms with E-state index in [2.05, 4.69) is 6.92 Å². The van der Waals surface area contributed by atoms with Crippen molar-refractivity contribution in [2.24, 2.45) is 0 Å². The van der Waals surface area contributed by atoms with Gasteiger partial charge >= 0.3 is 6.03 Å². The van der Waals surface area contributed by atoms with Crippen LogP contribution in [0, 0.1) is 0 Å². The molecule has 1 amide bonds. The zero-order valence-electron chi connectivity index (χ0n) is 15.1. The highest BCUT2D eigenvalue weighted by Gasteiger charge is 2.21. The van der Waals surface area contributed by atoms with Gasteiger partial charge in [0.1, 0.15) is 5.75 Å². The van der Waals surface area contributed by atoms with E-state index in [1.54, 1.807) is 22.8 Å². The van der Waals surface area contributed by atoms with E-state index in [4.69, 9.17) is 4.74 Å². The zero-order valence-corrected chi connectivity index (χ0v) is 15.1. The SMILES string of the molecule is CCCCC(O)c1cn(C(=O)N(CC)CC)c2ccc(OC)cc12. The van der Waals surface area contributed by atoms with E-state index in [0.717, 1.165) is 35.1 Å². The second-order valence-electron chi connectivity index (χ2n) is 5.95. The molecule has 0 aliphatic rings. The maximum Gasteiger partial charge on any atom is 0.328 e. The number of benzene rings is 1. The Morgan fingerprint density at radius 1 is 1.29 bits per heavy atom. The first-order valence-corrected chi connectivity index (χ1v) is 8.73. The van der Waals surface area contributed by atoms with Gasteiger partial charge in [-0.2, -0.15) is 0 Å². The number of hydrogen-bond donors (Lipinski definition) is 1. The van der Waals surface area contributed by atoms with Crippen molar-refractivity contribution in [2.45, 2.75) is 46.1 Å². The Hall–Kier alpha value is -2.01. The van der Waals surface area contributed by atoms with Crippen molar-refractivity contribution in [1.29, 1.82) is 0 Å². The van der Waals surface area contributed by atoms with Gasteiger partial charge in [-0.25, -0.2) is 4.79 Å². The van der Waals surface area contributed by atoms with Crippen LogP contribution in [0.15, 0.2) is 24.4 Å². The maximum atomic E-state index is 12.8. The normalized spacial score (nSPS) is 12.4. The van der Waals surface area contributed by atoms with Crippen molar-refractivity contribution in [3.8, 4) is 5.75 Å². The molecule has 24 heavy (non-hydrogen) atoms. The van der Waals surface area contributed by atoms with Crippen LogP contribution < -0.4 is 4.74 Å². The summed E-state index contributed by atoms with van der Waals surface area (Å²) in [6.07, 6.45) is 3.86. The van der Waals surface area contributed by atoms with Gasteiger partial charge in [-0.1, -0.05) is 19.8 Å². The summed E-state index contributed by atoms with van der Waals surface area (Å²) in [5.41, 5.74) is 1.59. The van der Waals surface area contributed by atoms with E-state index < -0.39 is 6.10 Å².